The molecule has 0 heterocycles. The summed E-state index contributed by atoms with van der Waals surface area (Å²) in [5, 5.41) is 9.15. The lowest BCUT2D eigenvalue weighted by Gasteiger charge is -2.08. The number of rotatable bonds is 5. The van der Waals surface area contributed by atoms with E-state index < -0.39 is 0 Å². The minimum Gasteiger partial charge on any atom is -0.430 e. The van der Waals surface area contributed by atoms with Crippen LogP contribution in [-0.2, 0) is 4.65 Å². The zero-order valence-corrected chi connectivity index (χ0v) is 6.80. The lowest BCUT2D eigenvalue weighted by atomic mass is 10.3. The molecule has 0 rings (SSSR count). The Morgan fingerprint density at radius 1 is 1.78 bits per heavy atom. The monoisotopic (exact) mass is 195 g/mol. The van der Waals surface area contributed by atoms with E-state index in [1.54, 1.807) is 0 Å². The van der Waals surface area contributed by atoms with Gasteiger partial charge in [-0.05, 0) is 12.8 Å². The van der Waals surface area contributed by atoms with Gasteiger partial charge in [-0.25, -0.2) is 0 Å². The molecule has 0 bridgehead atoms. The van der Waals surface area contributed by atoms with E-state index in [0.717, 1.165) is 18.2 Å². The highest BCUT2D eigenvalue weighted by Crippen LogP contribution is 1.97. The lowest BCUT2D eigenvalue weighted by molar-refractivity contribution is 0.179. The van der Waals surface area contributed by atoms with Crippen LogP contribution in [0.5, 0.6) is 0 Å². The second-order valence-electron chi connectivity index (χ2n) is 1.67. The molecule has 0 aromatic rings. The number of alkyl halides is 1. The van der Waals surface area contributed by atoms with E-state index in [9.17, 15) is 0 Å². The molecular weight excluding hydrogens is 185 g/mol. The van der Waals surface area contributed by atoms with E-state index in [4.69, 9.17) is 10.8 Å². The first-order valence-electron chi connectivity index (χ1n) is 2.85. The molecule has 0 radical (unpaired) electrons. The summed E-state index contributed by atoms with van der Waals surface area (Å²) < 4.78 is 4.66. The Morgan fingerprint density at radius 2 is 2.44 bits per heavy atom. The largest absolute Gasteiger partial charge is 0.436 e. The Morgan fingerprint density at radius 3 is 2.89 bits per heavy atom. The van der Waals surface area contributed by atoms with Crippen molar-refractivity contribution in [3.63, 3.8) is 0 Å². The Bertz CT molecular complexity index is 66.5. The molecule has 0 aliphatic carbocycles. The molecule has 0 aromatic heterocycles. The molecule has 5 heteroatoms. The van der Waals surface area contributed by atoms with Gasteiger partial charge in [-0.15, -0.1) is 0 Å². The van der Waals surface area contributed by atoms with E-state index in [1.807, 2.05) is 0 Å². The van der Waals surface area contributed by atoms with Gasteiger partial charge >= 0.3 is 7.69 Å². The van der Waals surface area contributed by atoms with E-state index >= 15 is 0 Å². The van der Waals surface area contributed by atoms with Crippen molar-refractivity contribution in [2.45, 2.75) is 19.1 Å². The van der Waals surface area contributed by atoms with Gasteiger partial charge in [0.2, 0.25) is 0 Å². The molecule has 1 atom stereocenters. The number of hydrogen-bond donors (Lipinski definition) is 2. The topological polar surface area (TPSA) is 55.5 Å². The Kier molecular flexibility index (Phi) is 6.85. The smallest absolute Gasteiger partial charge is 0.430 e. The molecule has 0 aromatic carbocycles. The molecular formula is C4H11BBrNO2. The minimum absolute atomic E-state index is 0.288. The summed E-state index contributed by atoms with van der Waals surface area (Å²) >= 11 is 3.26. The average molecular weight is 196 g/mol. The predicted octanol–water partition coefficient (Wildman–Crippen LogP) is -0.278. The number of halogens is 1. The van der Waals surface area contributed by atoms with Gasteiger partial charge in [-0.2, -0.15) is 0 Å². The fraction of sp³-hybridized carbons (Fsp3) is 1.00. The van der Waals surface area contributed by atoms with E-state index in [0.29, 0.717) is 0 Å². The third kappa shape index (κ3) is 6.31. The predicted molar refractivity (Wildman–Crippen MR) is 41.5 cm³/mol. The van der Waals surface area contributed by atoms with Crippen molar-refractivity contribution in [3.05, 3.63) is 0 Å². The van der Waals surface area contributed by atoms with Crippen LogP contribution in [0.3, 0.4) is 0 Å². The summed E-state index contributed by atoms with van der Waals surface area (Å²) in [5.41, 5.74) is 5.37. The molecule has 0 saturated carbocycles. The summed E-state index contributed by atoms with van der Waals surface area (Å²) in [6.45, 7) is 0. The summed E-state index contributed by atoms with van der Waals surface area (Å²) in [6, 6.07) is 0. The Labute approximate surface area is 64.0 Å². The zero-order valence-electron chi connectivity index (χ0n) is 5.22. The van der Waals surface area contributed by atoms with Gasteiger partial charge in [0.1, 0.15) is 0 Å². The van der Waals surface area contributed by atoms with Gasteiger partial charge in [0.15, 0.2) is 0 Å². The molecule has 9 heavy (non-hydrogen) atoms. The van der Waals surface area contributed by atoms with E-state index in [1.165, 1.54) is 0 Å². The van der Waals surface area contributed by atoms with Gasteiger partial charge < -0.3 is 15.4 Å². The zero-order chi connectivity index (χ0) is 7.11. The Balaban J connectivity index is 2.95. The first kappa shape index (κ1) is 9.42. The van der Waals surface area contributed by atoms with Gasteiger partial charge in [0, 0.05) is 5.33 Å². The van der Waals surface area contributed by atoms with Gasteiger partial charge in [0.05, 0.1) is 6.23 Å². The maximum Gasteiger partial charge on any atom is 0.436 e. The maximum atomic E-state index is 8.22. The highest BCUT2D eigenvalue weighted by molar-refractivity contribution is 9.09. The summed E-state index contributed by atoms with van der Waals surface area (Å²) in [7, 11) is -0.288. The van der Waals surface area contributed by atoms with Crippen LogP contribution in [0, 0.1) is 0 Å². The van der Waals surface area contributed by atoms with E-state index in [-0.39, 0.29) is 13.9 Å². The summed E-state index contributed by atoms with van der Waals surface area (Å²) in [4.78, 5) is 0. The highest BCUT2D eigenvalue weighted by atomic mass is 79.9. The molecule has 3 nitrogen and oxygen atoms in total. The van der Waals surface area contributed by atoms with Crippen LogP contribution >= 0.6 is 15.9 Å². The van der Waals surface area contributed by atoms with Crippen LogP contribution in [0.25, 0.3) is 0 Å². The molecule has 54 valence electrons. The van der Waals surface area contributed by atoms with Crippen molar-refractivity contribution in [1.29, 1.82) is 0 Å². The van der Waals surface area contributed by atoms with Crippen LogP contribution in [-0.4, -0.2) is 24.3 Å². The molecule has 0 aliphatic rings. The van der Waals surface area contributed by atoms with Gasteiger partial charge in [0.25, 0.3) is 0 Å². The fourth-order valence-electron chi connectivity index (χ4n) is 0.457. The SMILES string of the molecule is N[C@@H](CCCBr)OBO. The molecule has 0 amide bonds. The standard InChI is InChI=1S/C4H11BBrNO2/c6-3-1-2-4(7)9-5-8/h4-5,8H,1-3,7H2/t4-/m1/s1. The Hall–Kier alpha value is 0.425. The fourth-order valence-corrected chi connectivity index (χ4v) is 0.781. The average Bonchev–Trinajstić information content (AvgIpc) is 1.85. The molecule has 0 saturated heterocycles. The van der Waals surface area contributed by atoms with Crippen LogP contribution < -0.4 is 5.73 Å². The second-order valence-corrected chi connectivity index (χ2v) is 2.46. The molecule has 3 N–H and O–H groups in total. The van der Waals surface area contributed by atoms with Crippen LogP contribution in [0.2, 0.25) is 0 Å². The number of nitrogens with two attached hydrogens (primary N) is 1. The molecule has 0 unspecified atom stereocenters. The van der Waals surface area contributed by atoms with Gasteiger partial charge in [-0.1, -0.05) is 15.9 Å². The van der Waals surface area contributed by atoms with Crippen LogP contribution in [0.4, 0.5) is 0 Å². The minimum atomic E-state index is -0.312. The van der Waals surface area contributed by atoms with Crippen LogP contribution in [0.1, 0.15) is 12.8 Å². The second kappa shape index (κ2) is 6.54. The van der Waals surface area contributed by atoms with Gasteiger partial charge in [-0.3, -0.25) is 0 Å². The van der Waals surface area contributed by atoms with Crippen molar-refractivity contribution in [1.82, 2.24) is 0 Å². The maximum absolute atomic E-state index is 8.22. The third-order valence-electron chi connectivity index (χ3n) is 0.911. The van der Waals surface area contributed by atoms with E-state index in [2.05, 4.69) is 20.6 Å². The summed E-state index contributed by atoms with van der Waals surface area (Å²) in [5.74, 6) is 0. The quantitative estimate of drug-likeness (QED) is 0.361. The lowest BCUT2D eigenvalue weighted by Crippen LogP contribution is -2.25. The highest BCUT2D eigenvalue weighted by Gasteiger charge is 1.99. The van der Waals surface area contributed by atoms with Crippen LogP contribution in [0.15, 0.2) is 0 Å². The molecule has 0 fully saturated rings. The van der Waals surface area contributed by atoms with Crippen molar-refractivity contribution < 1.29 is 9.68 Å². The number of hydrogen-bond acceptors (Lipinski definition) is 3. The molecule has 0 spiro atoms. The van der Waals surface area contributed by atoms with Crippen molar-refractivity contribution in [2.24, 2.45) is 5.73 Å². The normalized spacial score (nSPS) is 13.2. The van der Waals surface area contributed by atoms with Crippen molar-refractivity contribution in [2.75, 3.05) is 5.33 Å². The third-order valence-corrected chi connectivity index (χ3v) is 1.47. The first-order valence-corrected chi connectivity index (χ1v) is 3.97. The van der Waals surface area contributed by atoms with Crippen molar-refractivity contribution in [3.8, 4) is 0 Å². The first-order chi connectivity index (χ1) is 4.31. The molecule has 0 aliphatic heterocycles. The summed E-state index contributed by atoms with van der Waals surface area (Å²) in [6.07, 6.45) is 1.44. The van der Waals surface area contributed by atoms with Crippen molar-refractivity contribution >= 4 is 23.6 Å².